The van der Waals surface area contributed by atoms with Crippen LogP contribution in [0.4, 0.5) is 0 Å². The van der Waals surface area contributed by atoms with Gasteiger partial charge in [-0.3, -0.25) is 0 Å². The van der Waals surface area contributed by atoms with E-state index in [1.165, 1.54) is 6.92 Å². The van der Waals surface area contributed by atoms with Crippen molar-refractivity contribution < 1.29 is 14.6 Å². The van der Waals surface area contributed by atoms with E-state index in [2.05, 4.69) is 6.07 Å². The second kappa shape index (κ2) is 7.48. The Hall–Kier alpha value is -2.77. The second-order valence-electron chi connectivity index (χ2n) is 4.84. The van der Waals surface area contributed by atoms with E-state index < -0.39 is 12.1 Å². The van der Waals surface area contributed by atoms with Crippen molar-refractivity contribution in [3.8, 4) is 11.8 Å². The number of rotatable bonds is 5. The number of carbonyl (C=O) groups is 1. The summed E-state index contributed by atoms with van der Waals surface area (Å²) in [4.78, 5) is 10.8. The molecule has 2 rings (SSSR count). The lowest BCUT2D eigenvalue weighted by Gasteiger charge is -2.10. The highest BCUT2D eigenvalue weighted by atomic mass is 35.5. The number of allylic oxidation sites excluding steroid dienone is 1. The van der Waals surface area contributed by atoms with Gasteiger partial charge in [-0.1, -0.05) is 35.9 Å². The molecule has 0 bridgehead atoms. The number of ether oxygens (including phenoxy) is 1. The third-order valence-electron chi connectivity index (χ3n) is 3.13. The van der Waals surface area contributed by atoms with Gasteiger partial charge in [-0.25, -0.2) is 4.79 Å². The highest BCUT2D eigenvalue weighted by Gasteiger charge is 2.11. The lowest BCUT2D eigenvalue weighted by molar-refractivity contribution is -0.144. The van der Waals surface area contributed by atoms with Crippen molar-refractivity contribution in [3.05, 3.63) is 64.7 Å². The SMILES string of the molecule is C[C@@H](Oc1ccc(/C=C(/C#N)c2ccc(Cl)cc2)cc1)C(=O)O. The minimum atomic E-state index is -1.02. The predicted octanol–water partition coefficient (Wildman–Crippen LogP) is 4.26. The molecule has 0 heterocycles. The summed E-state index contributed by atoms with van der Waals surface area (Å²) in [6.07, 6.45) is 0.827. The minimum Gasteiger partial charge on any atom is -0.479 e. The van der Waals surface area contributed by atoms with Crippen LogP contribution in [0.15, 0.2) is 48.5 Å². The smallest absolute Gasteiger partial charge is 0.344 e. The Balaban J connectivity index is 2.19. The van der Waals surface area contributed by atoms with E-state index in [9.17, 15) is 10.1 Å². The summed E-state index contributed by atoms with van der Waals surface area (Å²) in [5.41, 5.74) is 2.10. The summed E-state index contributed by atoms with van der Waals surface area (Å²) in [5.74, 6) is -0.564. The largest absolute Gasteiger partial charge is 0.479 e. The van der Waals surface area contributed by atoms with Crippen LogP contribution in [0.25, 0.3) is 11.6 Å². The summed E-state index contributed by atoms with van der Waals surface area (Å²) in [7, 11) is 0. The molecule has 1 N–H and O–H groups in total. The first-order chi connectivity index (χ1) is 11.0. The molecule has 0 saturated carbocycles. The van der Waals surface area contributed by atoms with Gasteiger partial charge in [0, 0.05) is 5.02 Å². The average molecular weight is 328 g/mol. The number of nitriles is 1. The lowest BCUT2D eigenvalue weighted by atomic mass is 10.0. The molecule has 0 saturated heterocycles. The van der Waals surface area contributed by atoms with Crippen molar-refractivity contribution in [2.75, 3.05) is 0 Å². The maximum Gasteiger partial charge on any atom is 0.344 e. The fraction of sp³-hybridized carbons (Fsp3) is 0.111. The molecule has 5 heteroatoms. The molecule has 23 heavy (non-hydrogen) atoms. The fourth-order valence-corrected chi connectivity index (χ4v) is 2.00. The van der Waals surface area contributed by atoms with Crippen LogP contribution >= 0.6 is 11.6 Å². The fourth-order valence-electron chi connectivity index (χ4n) is 1.87. The van der Waals surface area contributed by atoms with Crippen molar-refractivity contribution in [1.82, 2.24) is 0 Å². The molecule has 2 aromatic carbocycles. The Morgan fingerprint density at radius 3 is 2.35 bits per heavy atom. The number of hydrogen-bond donors (Lipinski definition) is 1. The van der Waals surface area contributed by atoms with E-state index in [4.69, 9.17) is 21.4 Å². The predicted molar refractivity (Wildman–Crippen MR) is 89.1 cm³/mol. The first kappa shape index (κ1) is 16.6. The van der Waals surface area contributed by atoms with Crippen molar-refractivity contribution in [2.45, 2.75) is 13.0 Å². The van der Waals surface area contributed by atoms with Crippen LogP contribution in [-0.2, 0) is 4.79 Å². The Bertz CT molecular complexity index is 758. The van der Waals surface area contributed by atoms with Crippen LogP contribution in [0.2, 0.25) is 5.02 Å². The number of carboxylic acid groups (broad SMARTS) is 1. The second-order valence-corrected chi connectivity index (χ2v) is 5.28. The van der Waals surface area contributed by atoms with Crippen LogP contribution in [0.1, 0.15) is 18.1 Å². The third-order valence-corrected chi connectivity index (χ3v) is 3.38. The molecule has 0 amide bonds. The molecular formula is C18H14ClNO3. The summed E-state index contributed by atoms with van der Waals surface area (Å²) >= 11 is 5.84. The van der Waals surface area contributed by atoms with Gasteiger partial charge in [-0.15, -0.1) is 0 Å². The van der Waals surface area contributed by atoms with Crippen molar-refractivity contribution in [1.29, 1.82) is 5.26 Å². The third kappa shape index (κ3) is 4.60. The van der Waals surface area contributed by atoms with Gasteiger partial charge in [0.2, 0.25) is 0 Å². The molecule has 0 radical (unpaired) electrons. The van der Waals surface area contributed by atoms with E-state index >= 15 is 0 Å². The molecule has 0 spiro atoms. The topological polar surface area (TPSA) is 70.3 Å². The van der Waals surface area contributed by atoms with Gasteiger partial charge in [0.25, 0.3) is 0 Å². The van der Waals surface area contributed by atoms with Gasteiger partial charge in [0.1, 0.15) is 5.75 Å². The average Bonchev–Trinajstić information content (AvgIpc) is 2.55. The standard InChI is InChI=1S/C18H14ClNO3/c1-12(18(21)22)23-17-8-2-13(3-9-17)10-15(11-20)14-4-6-16(19)7-5-14/h2-10,12H,1H3,(H,21,22)/b15-10-/t12-/m1/s1. The highest BCUT2D eigenvalue weighted by Crippen LogP contribution is 2.21. The lowest BCUT2D eigenvalue weighted by Crippen LogP contribution is -2.22. The van der Waals surface area contributed by atoms with Crippen LogP contribution in [0, 0.1) is 11.3 Å². The molecule has 1 atom stereocenters. The van der Waals surface area contributed by atoms with Crippen LogP contribution in [0.3, 0.4) is 0 Å². The molecule has 0 aliphatic rings. The zero-order valence-electron chi connectivity index (χ0n) is 12.4. The van der Waals surface area contributed by atoms with Crippen molar-refractivity contribution >= 4 is 29.2 Å². The summed E-state index contributed by atoms with van der Waals surface area (Å²) in [6.45, 7) is 1.46. The number of carboxylic acids is 1. The molecular weight excluding hydrogens is 314 g/mol. The molecule has 0 aliphatic heterocycles. The maximum atomic E-state index is 10.8. The quantitative estimate of drug-likeness (QED) is 0.658. The Morgan fingerprint density at radius 2 is 1.83 bits per heavy atom. The van der Waals surface area contributed by atoms with Gasteiger partial charge < -0.3 is 9.84 Å². The number of halogens is 1. The van der Waals surface area contributed by atoms with Crippen LogP contribution in [0.5, 0.6) is 5.75 Å². The van der Waals surface area contributed by atoms with E-state index in [-0.39, 0.29) is 0 Å². The van der Waals surface area contributed by atoms with E-state index in [0.29, 0.717) is 16.3 Å². The highest BCUT2D eigenvalue weighted by molar-refractivity contribution is 6.30. The van der Waals surface area contributed by atoms with E-state index in [1.807, 2.05) is 0 Å². The van der Waals surface area contributed by atoms with E-state index in [1.54, 1.807) is 54.6 Å². The van der Waals surface area contributed by atoms with Crippen LogP contribution in [-0.4, -0.2) is 17.2 Å². The summed E-state index contributed by atoms with van der Waals surface area (Å²) in [5, 5.41) is 18.7. The normalized spacial score (nSPS) is 12.3. The maximum absolute atomic E-state index is 10.8. The number of nitrogens with zero attached hydrogens (tertiary/aromatic N) is 1. The molecule has 116 valence electrons. The Labute approximate surface area is 139 Å². The first-order valence-corrected chi connectivity index (χ1v) is 7.24. The van der Waals surface area contributed by atoms with Crippen LogP contribution < -0.4 is 4.74 Å². The minimum absolute atomic E-state index is 0.460. The van der Waals surface area contributed by atoms with Gasteiger partial charge in [0.05, 0.1) is 11.6 Å². The van der Waals surface area contributed by atoms with Crippen molar-refractivity contribution in [3.63, 3.8) is 0 Å². The molecule has 4 nitrogen and oxygen atoms in total. The monoisotopic (exact) mass is 327 g/mol. The zero-order chi connectivity index (χ0) is 16.8. The van der Waals surface area contributed by atoms with Crippen molar-refractivity contribution in [2.24, 2.45) is 0 Å². The zero-order valence-corrected chi connectivity index (χ0v) is 13.1. The summed E-state index contributed by atoms with van der Waals surface area (Å²) < 4.78 is 5.26. The van der Waals surface area contributed by atoms with E-state index in [0.717, 1.165) is 11.1 Å². The molecule has 0 aliphatic carbocycles. The number of hydrogen-bond acceptors (Lipinski definition) is 3. The van der Waals surface area contributed by atoms with Gasteiger partial charge >= 0.3 is 5.97 Å². The Morgan fingerprint density at radius 1 is 1.22 bits per heavy atom. The van der Waals surface area contributed by atoms with Gasteiger partial charge in [0.15, 0.2) is 6.10 Å². The van der Waals surface area contributed by atoms with Gasteiger partial charge in [-0.2, -0.15) is 5.26 Å². The summed E-state index contributed by atoms with van der Waals surface area (Å²) in [6, 6.07) is 16.0. The number of aliphatic carboxylic acids is 1. The molecule has 2 aromatic rings. The molecule has 0 aromatic heterocycles. The number of benzene rings is 2. The Kier molecular flexibility index (Phi) is 5.40. The molecule has 0 unspecified atom stereocenters. The molecule has 0 fully saturated rings. The first-order valence-electron chi connectivity index (χ1n) is 6.87. The van der Waals surface area contributed by atoms with Gasteiger partial charge in [-0.05, 0) is 48.4 Å².